The van der Waals surface area contributed by atoms with E-state index < -0.39 is 74.5 Å². The molecule has 1 aromatic rings. The molecule has 1 saturated heterocycles. The van der Waals surface area contributed by atoms with E-state index in [4.69, 9.17) is 28.4 Å². The van der Waals surface area contributed by atoms with Gasteiger partial charge in [0.1, 0.15) is 18.2 Å². The maximum absolute atomic E-state index is 13.2. The van der Waals surface area contributed by atoms with E-state index >= 15 is 0 Å². The molecule has 5 atom stereocenters. The molecule has 0 aromatic carbocycles. The van der Waals surface area contributed by atoms with E-state index in [0.29, 0.717) is 0 Å². The van der Waals surface area contributed by atoms with Gasteiger partial charge in [0.25, 0.3) is 5.91 Å². The van der Waals surface area contributed by atoms with E-state index in [1.807, 2.05) is 0 Å². The number of nitrogens with zero attached hydrogens (tertiary/aromatic N) is 1. The third-order valence-electron chi connectivity index (χ3n) is 6.37. The maximum atomic E-state index is 13.2. The summed E-state index contributed by atoms with van der Waals surface area (Å²) in [5, 5.41) is 11.8. The number of ether oxygens (including phenoxy) is 6. The molecule has 0 spiro atoms. The van der Waals surface area contributed by atoms with Crippen LogP contribution < -0.4 is 14.8 Å². The van der Waals surface area contributed by atoms with Gasteiger partial charge in [0.15, 0.2) is 30.3 Å². The number of aliphatic hydroxyl groups is 1. The first-order valence-corrected chi connectivity index (χ1v) is 13.9. The van der Waals surface area contributed by atoms with Gasteiger partial charge in [-0.1, -0.05) is 0 Å². The number of esters is 1. The van der Waals surface area contributed by atoms with Crippen LogP contribution in [0.15, 0.2) is 12.3 Å². The number of hydrogen-bond donors (Lipinski definition) is 2. The quantitative estimate of drug-likeness (QED) is 0.122. The van der Waals surface area contributed by atoms with Crippen LogP contribution in [0.3, 0.4) is 0 Å². The summed E-state index contributed by atoms with van der Waals surface area (Å²) >= 11 is 0. The highest BCUT2D eigenvalue weighted by molar-refractivity contribution is 5.98. The third-order valence-corrected chi connectivity index (χ3v) is 6.37. The second kappa shape index (κ2) is 17.6. The van der Waals surface area contributed by atoms with Crippen molar-refractivity contribution in [3.63, 3.8) is 0 Å². The lowest BCUT2D eigenvalue weighted by atomic mass is 10.0. The van der Waals surface area contributed by atoms with Crippen LogP contribution in [0.1, 0.15) is 69.3 Å². The van der Waals surface area contributed by atoms with Gasteiger partial charge in [0, 0.05) is 38.3 Å². The zero-order chi connectivity index (χ0) is 32.9. The van der Waals surface area contributed by atoms with Gasteiger partial charge in [-0.3, -0.25) is 4.79 Å². The summed E-state index contributed by atoms with van der Waals surface area (Å²) in [4.78, 5) is 30.3. The van der Waals surface area contributed by atoms with E-state index in [-0.39, 0.29) is 62.5 Å². The van der Waals surface area contributed by atoms with Gasteiger partial charge in [0.05, 0.1) is 13.2 Å². The average Bonchev–Trinajstić information content (AvgIpc) is 2.96. The van der Waals surface area contributed by atoms with Gasteiger partial charge in [-0.2, -0.15) is 26.3 Å². The molecule has 17 heteroatoms. The number of pyridine rings is 1. The van der Waals surface area contributed by atoms with Crippen LogP contribution in [-0.2, 0) is 23.7 Å². The number of aromatic nitrogens is 1. The Balaban J connectivity index is 2.18. The molecule has 252 valence electrons. The van der Waals surface area contributed by atoms with Crippen LogP contribution in [0.4, 0.5) is 26.3 Å². The number of nitrogens with one attached hydrogen (secondary N) is 1. The first-order valence-electron chi connectivity index (χ1n) is 13.9. The molecule has 1 aromatic heterocycles. The van der Waals surface area contributed by atoms with Crippen molar-refractivity contribution in [2.45, 2.75) is 102 Å². The summed E-state index contributed by atoms with van der Waals surface area (Å²) in [6.45, 7) is 1.63. The average molecular weight is 649 g/mol. The molecule has 1 aliphatic rings. The Morgan fingerprint density at radius 3 is 2.34 bits per heavy atom. The summed E-state index contributed by atoms with van der Waals surface area (Å²) in [6.07, 6.45) is -14.4. The van der Waals surface area contributed by atoms with Crippen molar-refractivity contribution in [3.05, 3.63) is 18.0 Å². The second-order valence-electron chi connectivity index (χ2n) is 10.0. The van der Waals surface area contributed by atoms with Crippen LogP contribution in [0, 0.1) is 0 Å². The Labute approximate surface area is 250 Å². The fourth-order valence-corrected chi connectivity index (χ4v) is 4.30. The normalized spacial score (nSPS) is 22.3. The Morgan fingerprint density at radius 1 is 1.11 bits per heavy atom. The predicted molar refractivity (Wildman–Crippen MR) is 140 cm³/mol. The SMILES string of the molecule is COc1ccnc(C(=O)NC2CCCC(OCCCC(F)(F)F)C(OCCCC(F)(F)F)C(C)OC2=O)c1OCOC(C)O. The first-order chi connectivity index (χ1) is 20.6. The van der Waals surface area contributed by atoms with E-state index in [9.17, 15) is 41.0 Å². The smallest absolute Gasteiger partial charge is 0.389 e. The highest BCUT2D eigenvalue weighted by Gasteiger charge is 2.37. The number of methoxy groups -OCH3 is 1. The van der Waals surface area contributed by atoms with E-state index in [2.05, 4.69) is 10.3 Å². The Hall–Kier alpha value is -2.89. The fourth-order valence-electron chi connectivity index (χ4n) is 4.30. The molecule has 0 saturated carbocycles. The number of alkyl halides is 6. The monoisotopic (exact) mass is 648 g/mol. The lowest BCUT2D eigenvalue weighted by Crippen LogP contribution is -2.46. The molecule has 1 amide bonds. The highest BCUT2D eigenvalue weighted by atomic mass is 19.4. The number of cyclic esters (lactones) is 1. The standard InChI is InChI=1S/C27H38F6N2O9/c1-16-22(41-14-6-11-27(31,32)33)20(40-13-5-10-26(28,29)30)8-4-7-18(25(38)44-16)35-24(37)21-23(43-15-42-17(2)36)19(39-3)9-12-34-21/h9,12,16-18,20,22,36H,4-8,10-11,13-15H2,1-3H3,(H,35,37). The number of carbonyl (C=O) groups excluding carboxylic acids is 2. The Morgan fingerprint density at radius 2 is 1.75 bits per heavy atom. The molecular formula is C27H38F6N2O9. The molecule has 2 rings (SSSR count). The number of hydrogen-bond acceptors (Lipinski definition) is 10. The number of aliphatic hydroxyl groups excluding tert-OH is 1. The molecule has 0 radical (unpaired) electrons. The number of carbonyl (C=O) groups is 2. The van der Waals surface area contributed by atoms with Crippen molar-refractivity contribution in [3.8, 4) is 11.5 Å². The van der Waals surface area contributed by atoms with Gasteiger partial charge in [0.2, 0.25) is 0 Å². The zero-order valence-corrected chi connectivity index (χ0v) is 24.5. The van der Waals surface area contributed by atoms with Crippen molar-refractivity contribution in [2.24, 2.45) is 0 Å². The summed E-state index contributed by atoms with van der Waals surface area (Å²) < 4.78 is 108. The van der Waals surface area contributed by atoms with E-state index in [1.54, 1.807) is 0 Å². The molecule has 1 fully saturated rings. The zero-order valence-electron chi connectivity index (χ0n) is 24.5. The largest absolute Gasteiger partial charge is 0.493 e. The molecule has 0 aliphatic carbocycles. The first kappa shape index (κ1) is 37.3. The van der Waals surface area contributed by atoms with Crippen LogP contribution in [0.2, 0.25) is 0 Å². The van der Waals surface area contributed by atoms with Crippen molar-refractivity contribution in [2.75, 3.05) is 27.1 Å². The Kier molecular flexibility index (Phi) is 14.9. The van der Waals surface area contributed by atoms with Crippen molar-refractivity contribution in [1.82, 2.24) is 10.3 Å². The van der Waals surface area contributed by atoms with Crippen LogP contribution in [0.5, 0.6) is 11.5 Å². The minimum absolute atomic E-state index is 0.0196. The van der Waals surface area contributed by atoms with Crippen molar-refractivity contribution < 1.29 is 69.5 Å². The number of rotatable bonds is 15. The van der Waals surface area contributed by atoms with Gasteiger partial charge < -0.3 is 38.8 Å². The molecular weight excluding hydrogens is 610 g/mol. The van der Waals surface area contributed by atoms with E-state index in [1.165, 1.54) is 33.2 Å². The topological polar surface area (TPSA) is 135 Å². The summed E-state index contributed by atoms with van der Waals surface area (Å²) in [6, 6.07) is 0.197. The summed E-state index contributed by atoms with van der Waals surface area (Å²) in [5.74, 6) is -1.74. The number of amides is 1. The molecule has 2 N–H and O–H groups in total. The minimum Gasteiger partial charge on any atom is -0.493 e. The van der Waals surface area contributed by atoms with Crippen LogP contribution in [-0.4, -0.2) is 92.1 Å². The van der Waals surface area contributed by atoms with Gasteiger partial charge >= 0.3 is 18.3 Å². The van der Waals surface area contributed by atoms with Crippen molar-refractivity contribution in [1.29, 1.82) is 0 Å². The van der Waals surface area contributed by atoms with Gasteiger partial charge in [-0.15, -0.1) is 0 Å². The van der Waals surface area contributed by atoms with Crippen LogP contribution >= 0.6 is 0 Å². The lowest BCUT2D eigenvalue weighted by Gasteiger charge is -2.31. The molecule has 5 unspecified atom stereocenters. The molecule has 2 heterocycles. The third kappa shape index (κ3) is 13.4. The summed E-state index contributed by atoms with van der Waals surface area (Å²) in [5.41, 5.74) is -0.268. The number of halogens is 6. The van der Waals surface area contributed by atoms with Gasteiger partial charge in [-0.25, -0.2) is 9.78 Å². The Bertz CT molecular complexity index is 1040. The fraction of sp³-hybridized carbons (Fsp3) is 0.741. The molecule has 1 aliphatic heterocycles. The van der Waals surface area contributed by atoms with Crippen molar-refractivity contribution >= 4 is 11.9 Å². The van der Waals surface area contributed by atoms with E-state index in [0.717, 1.165) is 0 Å². The van der Waals surface area contributed by atoms with Gasteiger partial charge in [-0.05, 0) is 46.0 Å². The highest BCUT2D eigenvalue weighted by Crippen LogP contribution is 2.30. The lowest BCUT2D eigenvalue weighted by molar-refractivity contribution is -0.172. The molecule has 11 nitrogen and oxygen atoms in total. The second-order valence-corrected chi connectivity index (χ2v) is 10.0. The van der Waals surface area contributed by atoms with Crippen LogP contribution in [0.25, 0.3) is 0 Å². The predicted octanol–water partition coefficient (Wildman–Crippen LogP) is 4.45. The summed E-state index contributed by atoms with van der Waals surface area (Å²) in [7, 11) is 1.32. The molecule has 0 bridgehead atoms. The maximum Gasteiger partial charge on any atom is 0.389 e. The molecule has 44 heavy (non-hydrogen) atoms. The minimum atomic E-state index is -4.41.